The predicted octanol–water partition coefficient (Wildman–Crippen LogP) is 4.19. The van der Waals surface area contributed by atoms with Crippen LogP contribution in [0, 0.1) is 12.7 Å². The maximum Gasteiger partial charge on any atom is 0.323 e. The highest BCUT2D eigenvalue weighted by Crippen LogP contribution is 2.30. The van der Waals surface area contributed by atoms with Gasteiger partial charge in [0.15, 0.2) is 0 Å². The first-order valence-corrected chi connectivity index (χ1v) is 9.36. The zero-order chi connectivity index (χ0) is 18.8. The van der Waals surface area contributed by atoms with Gasteiger partial charge in [-0.05, 0) is 42.7 Å². The van der Waals surface area contributed by atoms with Crippen LogP contribution in [-0.2, 0) is 13.0 Å². The number of anilines is 3. The number of nitrogens with zero attached hydrogens (tertiary/aromatic N) is 3. The number of carbonyl (C=O) groups excluding carboxylic acids is 1. The van der Waals surface area contributed by atoms with Gasteiger partial charge < -0.3 is 15.5 Å². The largest absolute Gasteiger partial charge is 0.342 e. The molecule has 138 valence electrons. The number of hydrogen-bond donors (Lipinski definition) is 2. The Hall–Kier alpha value is -3.00. The van der Waals surface area contributed by atoms with Crippen molar-refractivity contribution in [3.63, 3.8) is 0 Å². The van der Waals surface area contributed by atoms with Gasteiger partial charge in [0.05, 0.1) is 5.69 Å². The normalized spacial score (nSPS) is 13.2. The molecule has 2 N–H and O–H groups in total. The Kier molecular flexibility index (Phi) is 4.72. The van der Waals surface area contributed by atoms with E-state index in [-0.39, 0.29) is 5.69 Å². The number of aromatic nitrogens is 2. The second-order valence-corrected chi connectivity index (χ2v) is 7.03. The minimum Gasteiger partial charge on any atom is -0.342 e. The van der Waals surface area contributed by atoms with Crippen molar-refractivity contribution in [2.24, 2.45) is 0 Å². The number of aryl methyl sites for hydroxylation is 1. The molecule has 0 spiro atoms. The van der Waals surface area contributed by atoms with Crippen molar-refractivity contribution in [3.05, 3.63) is 65.2 Å². The SMILES string of the molecule is Cc1nsc(N2CCc3c(cccc3NC(=O)Nc3ccccc3F)C2)n1. The van der Waals surface area contributed by atoms with Crippen molar-refractivity contribution < 1.29 is 9.18 Å². The highest BCUT2D eigenvalue weighted by atomic mass is 32.1. The molecule has 8 heteroatoms. The van der Waals surface area contributed by atoms with Crippen molar-refractivity contribution in [2.75, 3.05) is 22.1 Å². The number of para-hydroxylation sites is 1. The van der Waals surface area contributed by atoms with Gasteiger partial charge in [-0.3, -0.25) is 0 Å². The zero-order valence-corrected chi connectivity index (χ0v) is 15.5. The van der Waals surface area contributed by atoms with Gasteiger partial charge in [-0.2, -0.15) is 4.37 Å². The Morgan fingerprint density at radius 2 is 1.93 bits per heavy atom. The molecule has 0 bridgehead atoms. The van der Waals surface area contributed by atoms with Crippen molar-refractivity contribution in [2.45, 2.75) is 19.9 Å². The Labute approximate surface area is 160 Å². The molecular weight excluding hydrogens is 365 g/mol. The molecule has 0 unspecified atom stereocenters. The smallest absolute Gasteiger partial charge is 0.323 e. The number of hydrogen-bond acceptors (Lipinski definition) is 5. The highest BCUT2D eigenvalue weighted by molar-refractivity contribution is 7.09. The molecule has 0 aliphatic carbocycles. The van der Waals surface area contributed by atoms with E-state index in [9.17, 15) is 9.18 Å². The van der Waals surface area contributed by atoms with Crippen molar-refractivity contribution in [3.8, 4) is 0 Å². The summed E-state index contributed by atoms with van der Waals surface area (Å²) in [6.45, 7) is 3.40. The fourth-order valence-corrected chi connectivity index (χ4v) is 3.84. The number of amides is 2. The second-order valence-electron chi connectivity index (χ2n) is 6.30. The van der Waals surface area contributed by atoms with Gasteiger partial charge in [0, 0.05) is 30.3 Å². The number of fused-ring (bicyclic) bond motifs is 1. The third-order valence-electron chi connectivity index (χ3n) is 4.42. The summed E-state index contributed by atoms with van der Waals surface area (Å²) in [7, 11) is 0. The average molecular weight is 383 g/mol. The number of nitrogens with one attached hydrogen (secondary N) is 2. The summed E-state index contributed by atoms with van der Waals surface area (Å²) in [5.41, 5.74) is 3.13. The lowest BCUT2D eigenvalue weighted by atomic mass is 9.98. The van der Waals surface area contributed by atoms with Crippen LogP contribution < -0.4 is 15.5 Å². The fourth-order valence-electron chi connectivity index (χ4n) is 3.14. The molecule has 1 aromatic heterocycles. The first kappa shape index (κ1) is 17.4. The van der Waals surface area contributed by atoms with Crippen molar-refractivity contribution in [1.82, 2.24) is 9.36 Å². The van der Waals surface area contributed by atoms with E-state index in [0.29, 0.717) is 6.54 Å². The third-order valence-corrected chi connectivity index (χ3v) is 5.29. The van der Waals surface area contributed by atoms with Crippen LogP contribution >= 0.6 is 11.5 Å². The summed E-state index contributed by atoms with van der Waals surface area (Å²) in [5.74, 6) is 0.312. The summed E-state index contributed by atoms with van der Waals surface area (Å²) in [6, 6.07) is 11.5. The molecule has 4 rings (SSSR count). The van der Waals surface area contributed by atoms with E-state index in [2.05, 4.69) is 31.0 Å². The van der Waals surface area contributed by atoms with Crippen LogP contribution in [0.4, 0.5) is 25.7 Å². The lowest BCUT2D eigenvalue weighted by Gasteiger charge is -2.29. The second kappa shape index (κ2) is 7.32. The molecule has 0 saturated carbocycles. The lowest BCUT2D eigenvalue weighted by Crippen LogP contribution is -2.31. The van der Waals surface area contributed by atoms with E-state index >= 15 is 0 Å². The number of halogens is 1. The molecule has 0 radical (unpaired) electrons. The fraction of sp³-hybridized carbons (Fsp3) is 0.211. The van der Waals surface area contributed by atoms with Gasteiger partial charge in [-0.25, -0.2) is 14.2 Å². The highest BCUT2D eigenvalue weighted by Gasteiger charge is 2.22. The van der Waals surface area contributed by atoms with E-state index < -0.39 is 11.8 Å². The van der Waals surface area contributed by atoms with Gasteiger partial charge in [-0.15, -0.1) is 0 Å². The molecule has 27 heavy (non-hydrogen) atoms. The Morgan fingerprint density at radius 3 is 2.70 bits per heavy atom. The molecule has 2 aromatic carbocycles. The van der Waals surface area contributed by atoms with Gasteiger partial charge in [0.25, 0.3) is 0 Å². The van der Waals surface area contributed by atoms with Gasteiger partial charge in [-0.1, -0.05) is 24.3 Å². The van der Waals surface area contributed by atoms with Crippen LogP contribution in [0.3, 0.4) is 0 Å². The van der Waals surface area contributed by atoms with Crippen LogP contribution in [0.15, 0.2) is 42.5 Å². The molecule has 2 amide bonds. The van der Waals surface area contributed by atoms with Crippen LogP contribution in [0.25, 0.3) is 0 Å². The van der Waals surface area contributed by atoms with Crippen LogP contribution in [-0.4, -0.2) is 21.9 Å². The quantitative estimate of drug-likeness (QED) is 0.711. The monoisotopic (exact) mass is 383 g/mol. The van der Waals surface area contributed by atoms with E-state index in [1.807, 2.05) is 19.1 Å². The Bertz CT molecular complexity index is 990. The number of rotatable bonds is 3. The summed E-state index contributed by atoms with van der Waals surface area (Å²) in [6.07, 6.45) is 0.782. The molecule has 1 aliphatic rings. The zero-order valence-electron chi connectivity index (χ0n) is 14.7. The first-order valence-electron chi connectivity index (χ1n) is 8.59. The summed E-state index contributed by atoms with van der Waals surface area (Å²) >= 11 is 1.40. The van der Waals surface area contributed by atoms with E-state index in [1.54, 1.807) is 12.1 Å². The van der Waals surface area contributed by atoms with Crippen LogP contribution in [0.2, 0.25) is 0 Å². The maximum atomic E-state index is 13.7. The summed E-state index contributed by atoms with van der Waals surface area (Å²) in [4.78, 5) is 18.9. The number of urea groups is 1. The molecular formula is C19H18FN5OS. The minimum absolute atomic E-state index is 0.151. The van der Waals surface area contributed by atoms with Gasteiger partial charge in [0.2, 0.25) is 5.13 Å². The Balaban J connectivity index is 1.49. The van der Waals surface area contributed by atoms with E-state index in [0.717, 1.165) is 40.7 Å². The van der Waals surface area contributed by atoms with Gasteiger partial charge in [0.1, 0.15) is 11.6 Å². The Morgan fingerprint density at radius 1 is 1.15 bits per heavy atom. The summed E-state index contributed by atoms with van der Waals surface area (Å²) < 4.78 is 18.0. The minimum atomic E-state index is -0.467. The van der Waals surface area contributed by atoms with E-state index in [1.165, 1.54) is 23.7 Å². The van der Waals surface area contributed by atoms with Crippen molar-refractivity contribution >= 4 is 34.1 Å². The number of carbonyl (C=O) groups is 1. The van der Waals surface area contributed by atoms with Gasteiger partial charge >= 0.3 is 6.03 Å². The van der Waals surface area contributed by atoms with Crippen LogP contribution in [0.1, 0.15) is 17.0 Å². The van der Waals surface area contributed by atoms with E-state index in [4.69, 9.17) is 0 Å². The molecule has 3 aromatic rings. The molecule has 0 fully saturated rings. The molecule has 0 atom stereocenters. The topological polar surface area (TPSA) is 70.2 Å². The molecule has 6 nitrogen and oxygen atoms in total. The lowest BCUT2D eigenvalue weighted by molar-refractivity contribution is 0.262. The number of benzene rings is 2. The molecule has 2 heterocycles. The third kappa shape index (κ3) is 3.75. The molecule has 1 aliphatic heterocycles. The van der Waals surface area contributed by atoms with Crippen molar-refractivity contribution in [1.29, 1.82) is 0 Å². The maximum absolute atomic E-state index is 13.7. The summed E-state index contributed by atoms with van der Waals surface area (Å²) in [5, 5.41) is 6.31. The van der Waals surface area contributed by atoms with Crippen LogP contribution in [0.5, 0.6) is 0 Å². The standard InChI is InChI=1S/C19H18FN5OS/c1-12-21-19(27-24-12)25-10-9-14-13(11-25)5-4-8-16(14)22-18(26)23-17-7-3-2-6-15(17)20/h2-8H,9-11H2,1H3,(H2,22,23,26). The molecule has 0 saturated heterocycles. The predicted molar refractivity (Wildman–Crippen MR) is 105 cm³/mol. The first-order chi connectivity index (χ1) is 13.1. The average Bonchev–Trinajstić information content (AvgIpc) is 3.10.